The smallest absolute Gasteiger partial charge is 0.219 e. The molecule has 0 bridgehead atoms. The maximum absolute atomic E-state index is 11.3. The summed E-state index contributed by atoms with van der Waals surface area (Å²) in [6.07, 6.45) is 4.25. The number of para-hydroxylation sites is 2. The molecule has 1 aromatic heterocycles. The number of amides is 1. The third-order valence-electron chi connectivity index (χ3n) is 5.22. The molecule has 32 heavy (non-hydrogen) atoms. The number of nitrogens with zero attached hydrogens (tertiary/aromatic N) is 3. The van der Waals surface area contributed by atoms with Crippen molar-refractivity contribution in [1.29, 1.82) is 0 Å². The van der Waals surface area contributed by atoms with Gasteiger partial charge in [0.25, 0.3) is 0 Å². The van der Waals surface area contributed by atoms with Gasteiger partial charge in [-0.25, -0.2) is 9.98 Å². The van der Waals surface area contributed by atoms with Gasteiger partial charge in [-0.05, 0) is 50.3 Å². The molecular weight excluding hydrogens is 406 g/mol. The van der Waals surface area contributed by atoms with Crippen LogP contribution in [0.3, 0.4) is 0 Å². The van der Waals surface area contributed by atoms with E-state index >= 15 is 0 Å². The Morgan fingerprint density at radius 2 is 2.06 bits per heavy atom. The number of carbonyl (C=O) groups excluding carboxylic acids is 1. The highest BCUT2D eigenvalue weighted by Gasteiger charge is 2.23. The fraction of sp³-hybridized carbons (Fsp3) is 0.458. The van der Waals surface area contributed by atoms with Crippen LogP contribution in [0.25, 0.3) is 0 Å². The maximum atomic E-state index is 11.3. The first-order valence-corrected chi connectivity index (χ1v) is 11.2. The summed E-state index contributed by atoms with van der Waals surface area (Å²) in [6.45, 7) is 7.55. The Balaban J connectivity index is 1.63. The van der Waals surface area contributed by atoms with Gasteiger partial charge in [-0.15, -0.1) is 0 Å². The molecule has 1 fully saturated rings. The first kappa shape index (κ1) is 23.4. The van der Waals surface area contributed by atoms with E-state index in [-0.39, 0.29) is 11.8 Å². The SMILES string of the molecule is CCNC(=NCc1ccc(Oc2ccccc2OCC)nc1)N1CCCC(CC(N)=O)C1. The molecule has 172 valence electrons. The van der Waals surface area contributed by atoms with Crippen LogP contribution in [-0.2, 0) is 11.3 Å². The van der Waals surface area contributed by atoms with Crippen LogP contribution in [0.2, 0.25) is 0 Å². The van der Waals surface area contributed by atoms with Crippen molar-refractivity contribution in [3.63, 3.8) is 0 Å². The number of primary amides is 1. The minimum absolute atomic E-state index is 0.240. The van der Waals surface area contributed by atoms with Crippen LogP contribution in [0, 0.1) is 5.92 Å². The lowest BCUT2D eigenvalue weighted by molar-refractivity contribution is -0.119. The van der Waals surface area contributed by atoms with Gasteiger partial charge in [-0.1, -0.05) is 18.2 Å². The van der Waals surface area contributed by atoms with Gasteiger partial charge in [0.1, 0.15) is 0 Å². The second-order valence-electron chi connectivity index (χ2n) is 7.78. The van der Waals surface area contributed by atoms with E-state index in [9.17, 15) is 4.79 Å². The molecule has 1 saturated heterocycles. The number of hydrogen-bond acceptors (Lipinski definition) is 5. The van der Waals surface area contributed by atoms with Gasteiger partial charge in [0.15, 0.2) is 17.5 Å². The Bertz CT molecular complexity index is 901. The molecule has 1 unspecified atom stereocenters. The van der Waals surface area contributed by atoms with Crippen LogP contribution < -0.4 is 20.5 Å². The van der Waals surface area contributed by atoms with E-state index in [1.165, 1.54) is 0 Å². The number of carbonyl (C=O) groups is 1. The van der Waals surface area contributed by atoms with Crippen molar-refractivity contribution < 1.29 is 14.3 Å². The van der Waals surface area contributed by atoms with Crippen molar-refractivity contribution >= 4 is 11.9 Å². The lowest BCUT2D eigenvalue weighted by Gasteiger charge is -2.34. The number of hydrogen-bond donors (Lipinski definition) is 2. The molecule has 1 atom stereocenters. The summed E-state index contributed by atoms with van der Waals surface area (Å²) >= 11 is 0. The molecule has 1 aromatic carbocycles. The zero-order valence-electron chi connectivity index (χ0n) is 18.9. The Kier molecular flexibility index (Phi) is 8.71. The van der Waals surface area contributed by atoms with Crippen molar-refractivity contribution in [2.24, 2.45) is 16.6 Å². The summed E-state index contributed by atoms with van der Waals surface area (Å²) in [4.78, 5) is 22.7. The van der Waals surface area contributed by atoms with E-state index in [2.05, 4.69) is 15.2 Å². The summed E-state index contributed by atoms with van der Waals surface area (Å²) < 4.78 is 11.5. The molecule has 0 spiro atoms. The molecule has 3 rings (SSSR count). The van der Waals surface area contributed by atoms with Crippen molar-refractivity contribution in [1.82, 2.24) is 15.2 Å². The second-order valence-corrected chi connectivity index (χ2v) is 7.78. The highest BCUT2D eigenvalue weighted by molar-refractivity contribution is 5.80. The molecular formula is C24H33N5O3. The van der Waals surface area contributed by atoms with Crippen LogP contribution in [0.4, 0.5) is 0 Å². The Labute approximate surface area is 189 Å². The molecule has 1 aliphatic heterocycles. The molecule has 1 aliphatic rings. The zero-order chi connectivity index (χ0) is 22.8. The van der Waals surface area contributed by atoms with Crippen LogP contribution in [0.15, 0.2) is 47.6 Å². The van der Waals surface area contributed by atoms with E-state index in [0.29, 0.717) is 37.0 Å². The van der Waals surface area contributed by atoms with Crippen molar-refractivity contribution in [2.45, 2.75) is 39.7 Å². The minimum atomic E-state index is -0.240. The van der Waals surface area contributed by atoms with Gasteiger partial charge in [0, 0.05) is 38.3 Å². The van der Waals surface area contributed by atoms with E-state index in [4.69, 9.17) is 20.2 Å². The molecule has 8 nitrogen and oxygen atoms in total. The predicted octanol–water partition coefficient (Wildman–Crippen LogP) is 3.33. The number of guanidine groups is 1. The van der Waals surface area contributed by atoms with Crippen LogP contribution in [-0.4, -0.2) is 48.0 Å². The average Bonchev–Trinajstić information content (AvgIpc) is 2.79. The molecule has 3 N–H and O–H groups in total. The summed E-state index contributed by atoms with van der Waals surface area (Å²) in [5.74, 6) is 2.73. The number of likely N-dealkylation sites (tertiary alicyclic amines) is 1. The largest absolute Gasteiger partial charge is 0.490 e. The molecule has 2 heterocycles. The standard InChI is InChI=1S/C24H33N5O3/c1-3-26-24(29-13-7-8-18(17-29)14-22(25)30)28-16-19-11-12-23(27-15-19)32-21-10-6-5-9-20(21)31-4-2/h5-6,9-12,15,18H,3-4,7-8,13-14,16-17H2,1-2H3,(H2,25,30)(H,26,28). The first-order chi connectivity index (χ1) is 15.6. The highest BCUT2D eigenvalue weighted by atomic mass is 16.5. The molecule has 1 amide bonds. The van der Waals surface area contributed by atoms with Crippen LogP contribution >= 0.6 is 0 Å². The van der Waals surface area contributed by atoms with Crippen molar-refractivity contribution in [2.75, 3.05) is 26.2 Å². The number of ether oxygens (including phenoxy) is 2. The lowest BCUT2D eigenvalue weighted by atomic mass is 9.95. The number of benzene rings is 1. The van der Waals surface area contributed by atoms with Crippen molar-refractivity contribution in [3.05, 3.63) is 48.2 Å². The zero-order valence-corrected chi connectivity index (χ0v) is 18.9. The Morgan fingerprint density at radius 3 is 2.75 bits per heavy atom. The van der Waals surface area contributed by atoms with Crippen LogP contribution in [0.5, 0.6) is 17.4 Å². The van der Waals surface area contributed by atoms with Gasteiger partial charge in [0.05, 0.1) is 13.2 Å². The third kappa shape index (κ3) is 6.87. The van der Waals surface area contributed by atoms with Gasteiger partial charge in [-0.2, -0.15) is 0 Å². The third-order valence-corrected chi connectivity index (χ3v) is 5.22. The predicted molar refractivity (Wildman–Crippen MR) is 125 cm³/mol. The van der Waals surface area contributed by atoms with E-state index in [0.717, 1.165) is 44.0 Å². The number of aliphatic imine (C=N–C) groups is 1. The fourth-order valence-electron chi connectivity index (χ4n) is 3.79. The number of piperidine rings is 1. The van der Waals surface area contributed by atoms with E-state index < -0.39 is 0 Å². The highest BCUT2D eigenvalue weighted by Crippen LogP contribution is 2.30. The lowest BCUT2D eigenvalue weighted by Crippen LogP contribution is -2.47. The number of pyridine rings is 1. The summed E-state index contributed by atoms with van der Waals surface area (Å²) in [5.41, 5.74) is 6.38. The minimum Gasteiger partial charge on any atom is -0.490 e. The molecule has 0 saturated carbocycles. The summed E-state index contributed by atoms with van der Waals surface area (Å²) in [5, 5.41) is 3.36. The van der Waals surface area contributed by atoms with Gasteiger partial charge >= 0.3 is 0 Å². The number of nitrogens with one attached hydrogen (secondary N) is 1. The quantitative estimate of drug-likeness (QED) is 0.459. The fourth-order valence-corrected chi connectivity index (χ4v) is 3.79. The van der Waals surface area contributed by atoms with Crippen LogP contribution in [0.1, 0.15) is 38.7 Å². The number of nitrogens with two attached hydrogens (primary N) is 1. The number of rotatable bonds is 9. The molecule has 0 radical (unpaired) electrons. The molecule has 0 aliphatic carbocycles. The monoisotopic (exact) mass is 439 g/mol. The first-order valence-electron chi connectivity index (χ1n) is 11.2. The average molecular weight is 440 g/mol. The van der Waals surface area contributed by atoms with Gasteiger partial charge in [-0.3, -0.25) is 4.79 Å². The molecule has 2 aromatic rings. The normalized spacial score (nSPS) is 16.5. The second kappa shape index (κ2) is 11.9. The summed E-state index contributed by atoms with van der Waals surface area (Å²) in [6, 6.07) is 11.3. The summed E-state index contributed by atoms with van der Waals surface area (Å²) in [7, 11) is 0. The van der Waals surface area contributed by atoms with E-state index in [1.807, 2.05) is 50.2 Å². The Morgan fingerprint density at radius 1 is 1.25 bits per heavy atom. The number of aromatic nitrogens is 1. The topological polar surface area (TPSA) is 102 Å². The van der Waals surface area contributed by atoms with Gasteiger partial charge in [0.2, 0.25) is 11.8 Å². The molecule has 8 heteroatoms. The van der Waals surface area contributed by atoms with Crippen molar-refractivity contribution in [3.8, 4) is 17.4 Å². The Hall–Kier alpha value is -3.29. The maximum Gasteiger partial charge on any atom is 0.219 e. The van der Waals surface area contributed by atoms with E-state index in [1.54, 1.807) is 6.20 Å². The van der Waals surface area contributed by atoms with Gasteiger partial charge < -0.3 is 25.4 Å².